The van der Waals surface area contributed by atoms with E-state index in [-0.39, 0.29) is 19.1 Å². The molecule has 0 atom stereocenters. The number of thiophene rings is 1. The molecule has 2 rings (SSSR count). The van der Waals surface area contributed by atoms with Gasteiger partial charge in [0.15, 0.2) is 0 Å². The molecule has 0 bridgehead atoms. The van der Waals surface area contributed by atoms with E-state index in [1.807, 2.05) is 6.92 Å². The monoisotopic (exact) mass is 304 g/mol. The van der Waals surface area contributed by atoms with E-state index in [2.05, 4.69) is 22.1 Å². The number of oxazole rings is 1. The molecule has 0 saturated heterocycles. The van der Waals surface area contributed by atoms with Crippen molar-refractivity contribution < 1.29 is 14.3 Å². The van der Waals surface area contributed by atoms with Gasteiger partial charge in [-0.1, -0.05) is 18.8 Å². The van der Waals surface area contributed by atoms with Gasteiger partial charge in [0.2, 0.25) is 5.89 Å². The summed E-state index contributed by atoms with van der Waals surface area (Å²) in [5, 5.41) is 13.2. The van der Waals surface area contributed by atoms with Crippen LogP contribution in [-0.4, -0.2) is 22.6 Å². The fourth-order valence-electron chi connectivity index (χ4n) is 1.58. The number of carbonyl (C=O) groups is 1. The molecule has 110 valence electrons. The maximum absolute atomic E-state index is 12.0. The van der Waals surface area contributed by atoms with Crippen LogP contribution in [0.25, 0.3) is 0 Å². The van der Waals surface area contributed by atoms with Gasteiger partial charge in [-0.25, -0.2) is 4.98 Å². The molecule has 5 nitrogen and oxygen atoms in total. The van der Waals surface area contributed by atoms with E-state index >= 15 is 0 Å². The van der Waals surface area contributed by atoms with Crippen LogP contribution in [0.1, 0.15) is 40.2 Å². The van der Waals surface area contributed by atoms with Gasteiger partial charge in [-0.3, -0.25) is 4.79 Å². The Bertz CT molecular complexity index is 664. The summed E-state index contributed by atoms with van der Waals surface area (Å²) in [5.41, 5.74) is 0.565. The summed E-state index contributed by atoms with van der Waals surface area (Å²) in [6, 6.07) is 1.73. The van der Waals surface area contributed by atoms with Gasteiger partial charge in [-0.15, -0.1) is 11.3 Å². The number of nitrogens with one attached hydrogen (secondary N) is 1. The normalized spacial score (nSPS) is 10.0. The lowest BCUT2D eigenvalue weighted by Crippen LogP contribution is -2.22. The fraction of sp³-hybridized carbons (Fsp3) is 0.333. The highest BCUT2D eigenvalue weighted by Crippen LogP contribution is 2.13. The molecule has 2 aromatic heterocycles. The number of hydrogen-bond donors (Lipinski definition) is 2. The van der Waals surface area contributed by atoms with Gasteiger partial charge in [0.05, 0.1) is 29.8 Å². The molecule has 0 spiro atoms. The lowest BCUT2D eigenvalue weighted by atomic mass is 10.3. The second kappa shape index (κ2) is 7.62. The molecule has 6 heteroatoms. The van der Waals surface area contributed by atoms with Crippen LogP contribution < -0.4 is 5.32 Å². The molecule has 0 aliphatic carbocycles. The van der Waals surface area contributed by atoms with Crippen LogP contribution in [0.15, 0.2) is 22.1 Å². The molecular weight excluding hydrogens is 288 g/mol. The van der Waals surface area contributed by atoms with Crippen LogP contribution in [0.3, 0.4) is 0 Å². The first-order chi connectivity index (χ1) is 10.2. The fourth-order valence-corrected chi connectivity index (χ4v) is 2.33. The molecule has 21 heavy (non-hydrogen) atoms. The van der Waals surface area contributed by atoms with Crippen LogP contribution in [0.4, 0.5) is 0 Å². The molecule has 0 fully saturated rings. The van der Waals surface area contributed by atoms with Crippen molar-refractivity contribution in [3.8, 4) is 11.8 Å². The van der Waals surface area contributed by atoms with Crippen molar-refractivity contribution in [1.82, 2.24) is 10.3 Å². The Hall–Kier alpha value is -2.10. The third-order valence-corrected chi connectivity index (χ3v) is 3.51. The van der Waals surface area contributed by atoms with Gasteiger partial charge in [0.1, 0.15) is 5.76 Å². The van der Waals surface area contributed by atoms with E-state index < -0.39 is 0 Å². The minimum absolute atomic E-state index is 0.0433. The first kappa shape index (κ1) is 15.3. The van der Waals surface area contributed by atoms with Crippen LogP contribution >= 0.6 is 11.3 Å². The summed E-state index contributed by atoms with van der Waals surface area (Å²) in [5.74, 6) is 6.85. The summed E-state index contributed by atoms with van der Waals surface area (Å²) >= 11 is 1.40. The number of nitrogens with zero attached hydrogens (tertiary/aromatic N) is 1. The Morgan fingerprint density at radius 1 is 1.57 bits per heavy atom. The number of aliphatic hydroxyl groups excluding tert-OH is 1. The highest BCUT2D eigenvalue weighted by atomic mass is 32.1. The van der Waals surface area contributed by atoms with E-state index in [1.54, 1.807) is 17.6 Å². The zero-order valence-corrected chi connectivity index (χ0v) is 12.5. The zero-order valence-electron chi connectivity index (χ0n) is 11.7. The number of carbonyl (C=O) groups excluding carboxylic acids is 1. The van der Waals surface area contributed by atoms with Gasteiger partial charge >= 0.3 is 0 Å². The van der Waals surface area contributed by atoms with Crippen molar-refractivity contribution >= 4 is 17.2 Å². The topological polar surface area (TPSA) is 75.4 Å². The molecule has 0 unspecified atom stereocenters. The van der Waals surface area contributed by atoms with E-state index in [4.69, 9.17) is 9.52 Å². The van der Waals surface area contributed by atoms with Crippen LogP contribution in [0.2, 0.25) is 0 Å². The van der Waals surface area contributed by atoms with Crippen LogP contribution in [-0.2, 0) is 13.0 Å². The summed E-state index contributed by atoms with van der Waals surface area (Å²) in [4.78, 5) is 16.9. The average Bonchev–Trinajstić information content (AvgIpc) is 3.14. The van der Waals surface area contributed by atoms with Crippen molar-refractivity contribution in [2.45, 2.75) is 26.3 Å². The Morgan fingerprint density at radius 2 is 2.43 bits per heavy atom. The quantitative estimate of drug-likeness (QED) is 0.828. The molecule has 2 heterocycles. The lowest BCUT2D eigenvalue weighted by Gasteiger charge is -1.99. The van der Waals surface area contributed by atoms with Gasteiger partial charge in [0.25, 0.3) is 5.91 Å². The average molecular weight is 304 g/mol. The highest BCUT2D eigenvalue weighted by molar-refractivity contribution is 7.10. The van der Waals surface area contributed by atoms with Gasteiger partial charge in [-0.2, -0.15) is 0 Å². The molecule has 0 aromatic carbocycles. The molecule has 2 N–H and O–H groups in total. The van der Waals surface area contributed by atoms with E-state index in [9.17, 15) is 4.79 Å². The predicted octanol–water partition coefficient (Wildman–Crippen LogP) is 1.96. The number of amides is 1. The van der Waals surface area contributed by atoms with Gasteiger partial charge < -0.3 is 14.8 Å². The summed E-state index contributed by atoms with van der Waals surface area (Å²) in [7, 11) is 0. The van der Waals surface area contributed by atoms with Crippen LogP contribution in [0.5, 0.6) is 0 Å². The Balaban J connectivity index is 1.90. The van der Waals surface area contributed by atoms with Crippen molar-refractivity contribution in [2.75, 3.05) is 6.61 Å². The van der Waals surface area contributed by atoms with Gasteiger partial charge in [0, 0.05) is 18.2 Å². The number of aryl methyl sites for hydroxylation is 1. The standard InChI is InChI=1S/C15H16N2O3S/c1-2-12-8-16-14(20-12)9-17-15(19)11-7-13(21-10-11)5-3-4-6-18/h7-8,10,18H,2,4,6,9H2,1H3,(H,17,19). The maximum Gasteiger partial charge on any atom is 0.252 e. The van der Waals surface area contributed by atoms with Crippen molar-refractivity contribution in [3.63, 3.8) is 0 Å². The minimum atomic E-state index is -0.183. The SMILES string of the molecule is CCc1cnc(CNC(=O)c2csc(C#CCCO)c2)o1. The molecule has 0 saturated carbocycles. The van der Waals surface area contributed by atoms with Crippen molar-refractivity contribution in [2.24, 2.45) is 0 Å². The molecular formula is C15H16N2O3S. The molecule has 0 aliphatic rings. The van der Waals surface area contributed by atoms with E-state index in [0.29, 0.717) is 17.9 Å². The third-order valence-electron chi connectivity index (χ3n) is 2.66. The molecule has 0 radical (unpaired) electrons. The molecule has 0 aliphatic heterocycles. The largest absolute Gasteiger partial charge is 0.444 e. The molecule has 2 aromatic rings. The Kier molecular flexibility index (Phi) is 5.55. The summed E-state index contributed by atoms with van der Waals surface area (Å²) < 4.78 is 5.42. The van der Waals surface area contributed by atoms with E-state index in [1.165, 1.54) is 11.3 Å². The van der Waals surface area contributed by atoms with Crippen molar-refractivity contribution in [1.29, 1.82) is 0 Å². The smallest absolute Gasteiger partial charge is 0.252 e. The predicted molar refractivity (Wildman–Crippen MR) is 80.0 cm³/mol. The van der Waals surface area contributed by atoms with Gasteiger partial charge in [-0.05, 0) is 6.07 Å². The number of rotatable bonds is 5. The van der Waals surface area contributed by atoms with Crippen LogP contribution in [0, 0.1) is 11.8 Å². The second-order valence-corrected chi connectivity index (χ2v) is 5.14. The summed E-state index contributed by atoms with van der Waals surface area (Å²) in [6.45, 7) is 2.29. The lowest BCUT2D eigenvalue weighted by molar-refractivity contribution is 0.0947. The summed E-state index contributed by atoms with van der Waals surface area (Å²) in [6.07, 6.45) is 2.88. The van der Waals surface area contributed by atoms with E-state index in [0.717, 1.165) is 17.1 Å². The minimum Gasteiger partial charge on any atom is -0.444 e. The maximum atomic E-state index is 12.0. The Morgan fingerprint density at radius 3 is 3.14 bits per heavy atom. The Labute approximate surface area is 127 Å². The first-order valence-corrected chi connectivity index (χ1v) is 7.51. The number of aromatic nitrogens is 1. The number of aliphatic hydroxyl groups is 1. The van der Waals surface area contributed by atoms with Crippen molar-refractivity contribution in [3.05, 3.63) is 39.7 Å². The molecule has 1 amide bonds. The third kappa shape index (κ3) is 4.45. The number of hydrogen-bond acceptors (Lipinski definition) is 5. The second-order valence-electron chi connectivity index (χ2n) is 4.23. The highest BCUT2D eigenvalue weighted by Gasteiger charge is 2.09. The zero-order chi connectivity index (χ0) is 15.1. The first-order valence-electron chi connectivity index (χ1n) is 6.63.